The maximum Gasteiger partial charge on any atom is 0.307 e. The zero-order chi connectivity index (χ0) is 17.6. The van der Waals surface area contributed by atoms with Gasteiger partial charge in [0.05, 0.1) is 25.3 Å². The van der Waals surface area contributed by atoms with Gasteiger partial charge in [0.15, 0.2) is 0 Å². The maximum absolute atomic E-state index is 12.2. The molecule has 1 aromatic carbocycles. The van der Waals surface area contributed by atoms with Crippen LogP contribution in [0.3, 0.4) is 0 Å². The summed E-state index contributed by atoms with van der Waals surface area (Å²) in [4.78, 5) is 23.8. The first kappa shape index (κ1) is 19.6. The van der Waals surface area contributed by atoms with Gasteiger partial charge in [-0.15, -0.1) is 0 Å². The van der Waals surface area contributed by atoms with E-state index in [1.54, 1.807) is 24.3 Å². The molecule has 1 aromatic rings. The molecule has 23 heavy (non-hydrogen) atoms. The Morgan fingerprint density at radius 2 is 1.83 bits per heavy atom. The average Bonchev–Trinajstić information content (AvgIpc) is 2.45. The van der Waals surface area contributed by atoms with Crippen molar-refractivity contribution in [3.63, 3.8) is 0 Å². The second kappa shape index (κ2) is 8.44. The number of rotatable bonds is 7. The molecule has 8 heteroatoms. The molecule has 0 aliphatic carbocycles. The number of sulfone groups is 1. The number of halogens is 1. The second-order valence-electron chi connectivity index (χ2n) is 5.39. The molecule has 1 rings (SSSR count). The van der Waals surface area contributed by atoms with E-state index in [4.69, 9.17) is 0 Å². The third kappa shape index (κ3) is 7.13. The van der Waals surface area contributed by atoms with Crippen LogP contribution >= 0.6 is 15.9 Å². The van der Waals surface area contributed by atoms with Crippen LogP contribution in [0.15, 0.2) is 28.7 Å². The molecule has 1 amide bonds. The first-order valence-electron chi connectivity index (χ1n) is 6.92. The number of amides is 1. The number of nitrogens with one attached hydrogen (secondary N) is 1. The summed E-state index contributed by atoms with van der Waals surface area (Å²) in [6.07, 6.45) is 1.05. The summed E-state index contributed by atoms with van der Waals surface area (Å²) in [5.41, 5.74) is 0.735. The quantitative estimate of drug-likeness (QED) is 0.699. The van der Waals surface area contributed by atoms with Crippen LogP contribution in [0.25, 0.3) is 0 Å². The van der Waals surface area contributed by atoms with Gasteiger partial charge >= 0.3 is 5.97 Å². The van der Waals surface area contributed by atoms with Crippen LogP contribution in [0, 0.1) is 5.92 Å². The number of hydrogen-bond acceptors (Lipinski definition) is 5. The molecule has 0 bridgehead atoms. The minimum atomic E-state index is -3.26. The predicted octanol–water partition coefficient (Wildman–Crippen LogP) is 1.85. The van der Waals surface area contributed by atoms with Gasteiger partial charge in [-0.2, -0.15) is 0 Å². The molecule has 2 atom stereocenters. The van der Waals surface area contributed by atoms with Gasteiger partial charge in [-0.25, -0.2) is 8.42 Å². The lowest BCUT2D eigenvalue weighted by Crippen LogP contribution is -2.36. The monoisotopic (exact) mass is 405 g/mol. The van der Waals surface area contributed by atoms with Gasteiger partial charge < -0.3 is 10.1 Å². The molecule has 0 saturated carbocycles. The Balaban J connectivity index is 2.90. The third-order valence-electron chi connectivity index (χ3n) is 3.19. The summed E-state index contributed by atoms with van der Waals surface area (Å²) in [6.45, 7) is 1.53. The van der Waals surface area contributed by atoms with Crippen LogP contribution in [-0.4, -0.2) is 39.4 Å². The highest BCUT2D eigenvalue weighted by atomic mass is 79.9. The molecule has 0 aliphatic rings. The molecular weight excluding hydrogens is 386 g/mol. The third-order valence-corrected chi connectivity index (χ3v) is 4.82. The summed E-state index contributed by atoms with van der Waals surface area (Å²) in [5, 5.41) is 2.72. The van der Waals surface area contributed by atoms with E-state index in [0.717, 1.165) is 16.3 Å². The molecule has 0 radical (unpaired) electrons. The molecule has 0 aliphatic heterocycles. The number of ether oxygens (including phenoxy) is 1. The molecule has 0 saturated heterocycles. The topological polar surface area (TPSA) is 89.5 Å². The molecule has 0 heterocycles. The number of carbonyl (C=O) groups is 2. The van der Waals surface area contributed by atoms with Crippen molar-refractivity contribution in [2.45, 2.75) is 19.4 Å². The Morgan fingerprint density at radius 1 is 1.26 bits per heavy atom. The molecule has 128 valence electrons. The minimum Gasteiger partial charge on any atom is -0.469 e. The Bertz CT molecular complexity index is 657. The Hall–Kier alpha value is -1.41. The van der Waals surface area contributed by atoms with E-state index in [9.17, 15) is 18.0 Å². The molecule has 0 fully saturated rings. The Labute approximate surface area is 144 Å². The number of carbonyl (C=O) groups excluding carboxylic acids is 2. The van der Waals surface area contributed by atoms with Crippen LogP contribution in [-0.2, 0) is 24.2 Å². The van der Waals surface area contributed by atoms with Crippen LogP contribution in [0.4, 0.5) is 0 Å². The first-order chi connectivity index (χ1) is 10.6. The lowest BCUT2D eigenvalue weighted by molar-refractivity contribution is -0.141. The average molecular weight is 406 g/mol. The van der Waals surface area contributed by atoms with Crippen LogP contribution in [0.5, 0.6) is 0 Å². The number of hydrogen-bond donors (Lipinski definition) is 1. The van der Waals surface area contributed by atoms with Crippen molar-refractivity contribution >= 4 is 37.6 Å². The van der Waals surface area contributed by atoms with Gasteiger partial charge in [-0.1, -0.05) is 35.0 Å². The molecule has 1 N–H and O–H groups in total. The van der Waals surface area contributed by atoms with Gasteiger partial charge in [-0.3, -0.25) is 9.59 Å². The van der Waals surface area contributed by atoms with E-state index in [1.807, 2.05) is 0 Å². The van der Waals surface area contributed by atoms with Gasteiger partial charge in [0.25, 0.3) is 0 Å². The van der Waals surface area contributed by atoms with Crippen LogP contribution in [0.1, 0.15) is 24.9 Å². The molecule has 0 spiro atoms. The van der Waals surface area contributed by atoms with Crippen molar-refractivity contribution in [2.24, 2.45) is 5.92 Å². The van der Waals surface area contributed by atoms with Crippen molar-refractivity contribution < 1.29 is 22.7 Å². The van der Waals surface area contributed by atoms with E-state index < -0.39 is 33.7 Å². The van der Waals surface area contributed by atoms with Crippen molar-refractivity contribution in [1.29, 1.82) is 0 Å². The van der Waals surface area contributed by atoms with Crippen molar-refractivity contribution in [1.82, 2.24) is 5.32 Å². The molecule has 0 unspecified atom stereocenters. The van der Waals surface area contributed by atoms with Crippen LogP contribution in [0.2, 0.25) is 0 Å². The van der Waals surface area contributed by atoms with E-state index in [0.29, 0.717) is 0 Å². The minimum absolute atomic E-state index is 0.0323. The highest BCUT2D eigenvalue weighted by Crippen LogP contribution is 2.21. The van der Waals surface area contributed by atoms with Gasteiger partial charge in [0, 0.05) is 16.6 Å². The largest absolute Gasteiger partial charge is 0.469 e. The lowest BCUT2D eigenvalue weighted by atomic mass is 10.0. The van der Waals surface area contributed by atoms with Crippen LogP contribution < -0.4 is 5.32 Å². The highest BCUT2D eigenvalue weighted by Gasteiger charge is 2.24. The fourth-order valence-electron chi connectivity index (χ4n) is 2.04. The van der Waals surface area contributed by atoms with Gasteiger partial charge in [-0.05, 0) is 17.7 Å². The van der Waals surface area contributed by atoms with Crippen molar-refractivity contribution in [2.75, 3.05) is 19.1 Å². The zero-order valence-electron chi connectivity index (χ0n) is 13.2. The van der Waals surface area contributed by atoms with Gasteiger partial charge in [0.2, 0.25) is 5.91 Å². The maximum atomic E-state index is 12.2. The van der Waals surface area contributed by atoms with E-state index in [1.165, 1.54) is 14.0 Å². The standard InChI is InChI=1S/C15H20BrNO5S/c1-10(9-23(3,20)21)15(19)17-13(8-14(18)22-2)11-4-6-12(16)7-5-11/h4-7,10,13H,8-9H2,1-3H3,(H,17,19)/t10-,13+/m0/s1. The predicted molar refractivity (Wildman–Crippen MR) is 90.5 cm³/mol. The summed E-state index contributed by atoms with van der Waals surface area (Å²) in [6, 6.07) is 6.57. The van der Waals surface area contributed by atoms with Gasteiger partial charge in [0.1, 0.15) is 9.84 Å². The summed E-state index contributed by atoms with van der Waals surface area (Å²) >= 11 is 3.32. The van der Waals surface area contributed by atoms with Crippen molar-refractivity contribution in [3.8, 4) is 0 Å². The summed E-state index contributed by atoms with van der Waals surface area (Å²) < 4.78 is 28.1. The normalized spacial score (nSPS) is 13.9. The zero-order valence-corrected chi connectivity index (χ0v) is 15.6. The smallest absolute Gasteiger partial charge is 0.307 e. The number of benzene rings is 1. The Kier molecular flexibility index (Phi) is 7.21. The summed E-state index contributed by atoms with van der Waals surface area (Å²) in [5.74, 6) is -1.84. The molecule has 0 aromatic heterocycles. The van der Waals surface area contributed by atoms with E-state index >= 15 is 0 Å². The number of esters is 1. The molecule has 6 nitrogen and oxygen atoms in total. The van der Waals surface area contributed by atoms with E-state index in [-0.39, 0.29) is 12.2 Å². The van der Waals surface area contributed by atoms with Crippen molar-refractivity contribution in [3.05, 3.63) is 34.3 Å². The fourth-order valence-corrected chi connectivity index (χ4v) is 3.37. The Morgan fingerprint density at radius 3 is 2.30 bits per heavy atom. The van der Waals surface area contributed by atoms with E-state index in [2.05, 4.69) is 26.0 Å². The highest BCUT2D eigenvalue weighted by molar-refractivity contribution is 9.10. The summed E-state index contributed by atoms with van der Waals surface area (Å²) in [7, 11) is -1.99. The molecular formula is C15H20BrNO5S. The SMILES string of the molecule is COC(=O)C[C@@H](NC(=O)[C@@H](C)CS(C)(=O)=O)c1ccc(Br)cc1. The number of methoxy groups -OCH3 is 1. The lowest BCUT2D eigenvalue weighted by Gasteiger charge is -2.20. The fraction of sp³-hybridized carbons (Fsp3) is 0.467. The first-order valence-corrected chi connectivity index (χ1v) is 9.78. The second-order valence-corrected chi connectivity index (χ2v) is 8.49.